The van der Waals surface area contributed by atoms with Crippen molar-refractivity contribution in [1.29, 1.82) is 0 Å². The lowest BCUT2D eigenvalue weighted by Crippen LogP contribution is -2.19. The highest BCUT2D eigenvalue weighted by Gasteiger charge is 2.19. The molecule has 0 aromatic heterocycles. The van der Waals surface area contributed by atoms with E-state index in [1.807, 2.05) is 44.2 Å². The number of carbonyl (C=O) groups is 1. The molecule has 0 N–H and O–H groups in total. The van der Waals surface area contributed by atoms with E-state index >= 15 is 0 Å². The molecule has 0 amide bonds. The van der Waals surface area contributed by atoms with Crippen molar-refractivity contribution in [2.24, 2.45) is 5.16 Å². The van der Waals surface area contributed by atoms with Crippen LogP contribution in [0.1, 0.15) is 22.3 Å². The number of aryl methyl sites for hydroxylation is 2. The third kappa shape index (κ3) is 4.13. The van der Waals surface area contributed by atoms with Crippen molar-refractivity contribution in [2.75, 3.05) is 14.2 Å². The number of hydrogen-bond donors (Lipinski definition) is 0. The van der Waals surface area contributed by atoms with Crippen LogP contribution < -0.4 is 4.74 Å². The van der Waals surface area contributed by atoms with Gasteiger partial charge in [0, 0.05) is 5.56 Å². The van der Waals surface area contributed by atoms with Crippen LogP contribution in [0.5, 0.6) is 5.75 Å². The number of hydrogen-bond acceptors (Lipinski definition) is 5. The lowest BCUT2D eigenvalue weighted by Gasteiger charge is -2.13. The van der Waals surface area contributed by atoms with Crippen molar-refractivity contribution < 1.29 is 19.1 Å². The minimum Gasteiger partial charge on any atom is -0.489 e. The maximum Gasteiger partial charge on any atom is 0.360 e. The zero-order chi connectivity index (χ0) is 17.5. The van der Waals surface area contributed by atoms with E-state index < -0.39 is 5.97 Å². The molecule has 5 nitrogen and oxygen atoms in total. The van der Waals surface area contributed by atoms with Crippen molar-refractivity contribution in [3.63, 3.8) is 0 Å². The molecule has 0 fully saturated rings. The zero-order valence-electron chi connectivity index (χ0n) is 14.3. The Labute approximate surface area is 141 Å². The van der Waals surface area contributed by atoms with Gasteiger partial charge in [-0.15, -0.1) is 0 Å². The zero-order valence-corrected chi connectivity index (χ0v) is 14.3. The molecule has 0 aliphatic carbocycles. The minimum absolute atomic E-state index is 0.111. The van der Waals surface area contributed by atoms with Crippen molar-refractivity contribution >= 4 is 11.7 Å². The number of methoxy groups -OCH3 is 1. The van der Waals surface area contributed by atoms with Crippen LogP contribution in [0, 0.1) is 13.8 Å². The molecule has 0 aliphatic heterocycles. The third-order valence-corrected chi connectivity index (χ3v) is 3.55. The van der Waals surface area contributed by atoms with Gasteiger partial charge in [-0.25, -0.2) is 4.79 Å². The summed E-state index contributed by atoms with van der Waals surface area (Å²) in [6, 6.07) is 13.4. The summed E-state index contributed by atoms with van der Waals surface area (Å²) in [4.78, 5) is 16.7. The van der Waals surface area contributed by atoms with E-state index in [1.54, 1.807) is 6.07 Å². The van der Waals surface area contributed by atoms with Gasteiger partial charge in [0.1, 0.15) is 19.5 Å². The molecule has 0 saturated heterocycles. The molecule has 126 valence electrons. The van der Waals surface area contributed by atoms with Gasteiger partial charge < -0.3 is 14.3 Å². The lowest BCUT2D eigenvalue weighted by atomic mass is 10.0. The van der Waals surface area contributed by atoms with E-state index in [1.165, 1.54) is 19.8 Å². The fourth-order valence-corrected chi connectivity index (χ4v) is 2.38. The van der Waals surface area contributed by atoms with Gasteiger partial charge in [0.2, 0.25) is 0 Å². The number of carbonyl (C=O) groups excluding carboxylic acids is 1. The lowest BCUT2D eigenvalue weighted by molar-refractivity contribution is -0.132. The fourth-order valence-electron chi connectivity index (χ4n) is 2.38. The highest BCUT2D eigenvalue weighted by Crippen LogP contribution is 2.21. The van der Waals surface area contributed by atoms with Crippen LogP contribution in [0.25, 0.3) is 0 Å². The molecule has 0 saturated carbocycles. The van der Waals surface area contributed by atoms with Gasteiger partial charge in [-0.3, -0.25) is 0 Å². The second kappa shape index (κ2) is 8.15. The molecule has 5 heteroatoms. The van der Waals surface area contributed by atoms with Crippen LogP contribution in [0.2, 0.25) is 0 Å². The quantitative estimate of drug-likeness (QED) is 0.463. The summed E-state index contributed by atoms with van der Waals surface area (Å²) in [5, 5.41) is 3.80. The second-order valence-corrected chi connectivity index (χ2v) is 5.33. The van der Waals surface area contributed by atoms with Crippen molar-refractivity contribution in [3.8, 4) is 5.75 Å². The standard InChI is InChI=1S/C19H21NO4/c1-13-9-10-17(14(2)11-13)24-12-15-7-5-6-8-16(15)18(20-23-4)19(21)22-3/h5-11H,12H2,1-4H3. The smallest absolute Gasteiger partial charge is 0.360 e. The molecule has 0 aliphatic rings. The predicted molar refractivity (Wildman–Crippen MR) is 92.3 cm³/mol. The first kappa shape index (κ1) is 17.5. The minimum atomic E-state index is -0.559. The molecule has 24 heavy (non-hydrogen) atoms. The molecule has 2 aromatic carbocycles. The van der Waals surface area contributed by atoms with E-state index in [0.29, 0.717) is 12.2 Å². The first-order valence-electron chi connectivity index (χ1n) is 7.54. The Morgan fingerprint density at radius 1 is 1.08 bits per heavy atom. The van der Waals surface area contributed by atoms with E-state index in [9.17, 15) is 4.79 Å². The van der Waals surface area contributed by atoms with Crippen LogP contribution in [-0.2, 0) is 21.0 Å². The molecule has 0 heterocycles. The van der Waals surface area contributed by atoms with Crippen molar-refractivity contribution in [3.05, 3.63) is 64.7 Å². The summed E-state index contributed by atoms with van der Waals surface area (Å²) in [6.07, 6.45) is 0. The third-order valence-electron chi connectivity index (χ3n) is 3.55. The molecular weight excluding hydrogens is 306 g/mol. The van der Waals surface area contributed by atoms with E-state index in [2.05, 4.69) is 11.2 Å². The summed E-state index contributed by atoms with van der Waals surface area (Å²) in [6.45, 7) is 4.34. The molecule has 0 spiro atoms. The van der Waals surface area contributed by atoms with Crippen LogP contribution in [-0.4, -0.2) is 25.9 Å². The largest absolute Gasteiger partial charge is 0.489 e. The fraction of sp³-hybridized carbons (Fsp3) is 0.263. The molecule has 0 atom stereocenters. The maximum absolute atomic E-state index is 11.9. The summed E-state index contributed by atoms with van der Waals surface area (Å²) < 4.78 is 10.7. The highest BCUT2D eigenvalue weighted by molar-refractivity contribution is 6.43. The molecule has 2 rings (SSSR count). The van der Waals surface area contributed by atoms with E-state index in [-0.39, 0.29) is 5.71 Å². The topological polar surface area (TPSA) is 57.1 Å². The van der Waals surface area contributed by atoms with Crippen LogP contribution in [0.3, 0.4) is 0 Å². The van der Waals surface area contributed by atoms with E-state index in [4.69, 9.17) is 14.3 Å². The van der Waals surface area contributed by atoms with Gasteiger partial charge >= 0.3 is 5.97 Å². The number of rotatable bonds is 6. The Balaban J connectivity index is 2.28. The summed E-state index contributed by atoms with van der Waals surface area (Å²) in [5.41, 5.74) is 3.79. The number of ether oxygens (including phenoxy) is 2. The van der Waals surface area contributed by atoms with Gasteiger partial charge in [-0.05, 0) is 31.0 Å². The van der Waals surface area contributed by atoms with Crippen LogP contribution >= 0.6 is 0 Å². The normalized spacial score (nSPS) is 11.1. The average Bonchev–Trinajstić information content (AvgIpc) is 2.59. The summed E-state index contributed by atoms with van der Waals surface area (Å²) >= 11 is 0. The number of esters is 1. The second-order valence-electron chi connectivity index (χ2n) is 5.33. The van der Waals surface area contributed by atoms with E-state index in [0.717, 1.165) is 16.9 Å². The summed E-state index contributed by atoms with van der Waals surface area (Å²) in [7, 11) is 2.69. The van der Waals surface area contributed by atoms with Crippen LogP contribution in [0.4, 0.5) is 0 Å². The first-order chi connectivity index (χ1) is 11.6. The predicted octanol–water partition coefficient (Wildman–Crippen LogP) is 3.41. The van der Waals surface area contributed by atoms with Gasteiger partial charge in [0.15, 0.2) is 5.71 Å². The molecule has 0 bridgehead atoms. The van der Waals surface area contributed by atoms with Gasteiger partial charge in [-0.2, -0.15) is 0 Å². The molecule has 0 radical (unpaired) electrons. The maximum atomic E-state index is 11.9. The molecule has 2 aromatic rings. The molecular formula is C19H21NO4. The Bertz CT molecular complexity index is 753. The Kier molecular flexibility index (Phi) is 5.95. The Hall–Kier alpha value is -2.82. The van der Waals surface area contributed by atoms with Crippen molar-refractivity contribution in [2.45, 2.75) is 20.5 Å². The van der Waals surface area contributed by atoms with Gasteiger partial charge in [0.25, 0.3) is 0 Å². The number of benzene rings is 2. The van der Waals surface area contributed by atoms with Gasteiger partial charge in [0.05, 0.1) is 7.11 Å². The van der Waals surface area contributed by atoms with Crippen LogP contribution in [0.15, 0.2) is 47.6 Å². The Morgan fingerprint density at radius 2 is 1.83 bits per heavy atom. The average molecular weight is 327 g/mol. The highest BCUT2D eigenvalue weighted by atomic mass is 16.6. The first-order valence-corrected chi connectivity index (χ1v) is 7.54. The monoisotopic (exact) mass is 327 g/mol. The van der Waals surface area contributed by atoms with Gasteiger partial charge in [-0.1, -0.05) is 47.1 Å². The number of nitrogens with zero attached hydrogens (tertiary/aromatic N) is 1. The SMILES string of the molecule is CON=C(C(=O)OC)c1ccccc1COc1ccc(C)cc1C. The van der Waals surface area contributed by atoms with Crippen molar-refractivity contribution in [1.82, 2.24) is 0 Å². The summed E-state index contributed by atoms with van der Waals surface area (Å²) in [5.74, 6) is 0.245. The Morgan fingerprint density at radius 3 is 2.50 bits per heavy atom. The number of oxime groups is 1. The molecule has 0 unspecified atom stereocenters.